The Balaban J connectivity index is 1.36. The number of hydrogen-bond acceptors (Lipinski definition) is 5. The molecule has 5 rings (SSSR count). The first kappa shape index (κ1) is 20.1. The summed E-state index contributed by atoms with van der Waals surface area (Å²) in [7, 11) is 1.61. The van der Waals surface area contributed by atoms with Gasteiger partial charge in [0.2, 0.25) is 11.8 Å². The Hall–Kier alpha value is -2.83. The van der Waals surface area contributed by atoms with E-state index in [1.54, 1.807) is 19.5 Å². The molecule has 2 aromatic heterocycles. The first-order valence-electron chi connectivity index (χ1n) is 11.4. The number of fused-ring (bicyclic) bond motifs is 1. The average molecular weight is 422 g/mol. The Bertz CT molecular complexity index is 990. The van der Waals surface area contributed by atoms with E-state index in [4.69, 9.17) is 4.74 Å². The van der Waals surface area contributed by atoms with Gasteiger partial charge in [0.1, 0.15) is 0 Å². The summed E-state index contributed by atoms with van der Waals surface area (Å²) in [5, 5.41) is 0. The molecule has 1 amide bonds. The highest BCUT2D eigenvalue weighted by Crippen LogP contribution is 2.41. The maximum atomic E-state index is 13.1. The van der Waals surface area contributed by atoms with Gasteiger partial charge in [-0.05, 0) is 37.7 Å². The molecule has 7 nitrogen and oxygen atoms in total. The van der Waals surface area contributed by atoms with Gasteiger partial charge in [-0.3, -0.25) is 9.78 Å². The van der Waals surface area contributed by atoms with Crippen molar-refractivity contribution in [2.45, 2.75) is 63.5 Å². The first-order valence-corrected chi connectivity index (χ1v) is 11.4. The molecule has 0 bridgehead atoms. The summed E-state index contributed by atoms with van der Waals surface area (Å²) in [6.07, 6.45) is 15.7. The quantitative estimate of drug-likeness (QED) is 0.811. The van der Waals surface area contributed by atoms with Crippen molar-refractivity contribution in [3.63, 3.8) is 0 Å². The van der Waals surface area contributed by atoms with Gasteiger partial charge in [-0.25, -0.2) is 0 Å². The monoisotopic (exact) mass is 421 g/mol. The second-order valence-corrected chi connectivity index (χ2v) is 9.14. The number of piperidine rings is 2. The van der Waals surface area contributed by atoms with Crippen LogP contribution in [0.25, 0.3) is 6.08 Å². The van der Waals surface area contributed by atoms with E-state index in [-0.39, 0.29) is 5.54 Å². The molecule has 0 saturated carbocycles. The Morgan fingerprint density at radius 1 is 1.26 bits per heavy atom. The van der Waals surface area contributed by atoms with Crippen molar-refractivity contribution in [2.75, 3.05) is 25.1 Å². The summed E-state index contributed by atoms with van der Waals surface area (Å²) in [6.45, 7) is 4.69. The highest BCUT2D eigenvalue weighted by atomic mass is 16.5. The highest BCUT2D eigenvalue weighted by Gasteiger charge is 2.44. The fourth-order valence-corrected chi connectivity index (χ4v) is 5.53. The van der Waals surface area contributed by atoms with Gasteiger partial charge in [0.25, 0.3) is 0 Å². The molecule has 1 N–H and O–H groups in total. The van der Waals surface area contributed by atoms with Crippen molar-refractivity contribution in [1.82, 2.24) is 19.9 Å². The molecule has 31 heavy (non-hydrogen) atoms. The number of likely N-dealkylation sites (tertiary alicyclic amines) is 1. The largest absolute Gasteiger partial charge is 0.480 e. The van der Waals surface area contributed by atoms with Gasteiger partial charge in [0.05, 0.1) is 19.5 Å². The Morgan fingerprint density at radius 3 is 2.90 bits per heavy atom. The standard InChI is InChI=1S/C24H31N5O2/c1-17-5-3-6-19-18(13-26-23(17)19)16-29-22(30)7-4-8-24(29)9-11-28(12-10-24)20-14-25-15-21(27-20)31-2/h3,6,13-15,17,26H,4-5,7-12,16H2,1-2H3. The van der Waals surface area contributed by atoms with Crippen LogP contribution in [0, 0.1) is 0 Å². The van der Waals surface area contributed by atoms with E-state index in [0.717, 1.165) is 51.0 Å². The van der Waals surface area contributed by atoms with Crippen LogP contribution < -0.4 is 9.64 Å². The number of nitrogens with zero attached hydrogens (tertiary/aromatic N) is 4. The Labute approximate surface area is 183 Å². The summed E-state index contributed by atoms with van der Waals surface area (Å²) in [6, 6.07) is 0. The number of nitrogens with one attached hydrogen (secondary N) is 1. The predicted molar refractivity (Wildman–Crippen MR) is 120 cm³/mol. The summed E-state index contributed by atoms with van der Waals surface area (Å²) < 4.78 is 5.24. The molecular weight excluding hydrogens is 390 g/mol. The van der Waals surface area contributed by atoms with Gasteiger partial charge in [-0.15, -0.1) is 0 Å². The van der Waals surface area contributed by atoms with Crippen LogP contribution in [0.4, 0.5) is 5.82 Å². The number of hydrogen-bond donors (Lipinski definition) is 1. The minimum Gasteiger partial charge on any atom is -0.480 e. The van der Waals surface area contributed by atoms with Crippen molar-refractivity contribution in [3.8, 4) is 5.88 Å². The molecule has 2 aromatic rings. The lowest BCUT2D eigenvalue weighted by molar-refractivity contribution is -0.144. The van der Waals surface area contributed by atoms with Crippen LogP contribution in [0.1, 0.15) is 68.2 Å². The van der Waals surface area contributed by atoms with Crippen LogP contribution in [0.2, 0.25) is 0 Å². The van der Waals surface area contributed by atoms with E-state index in [9.17, 15) is 4.79 Å². The molecule has 4 heterocycles. The van der Waals surface area contributed by atoms with Crippen LogP contribution in [0.5, 0.6) is 5.88 Å². The Kier molecular flexibility index (Phi) is 5.20. The van der Waals surface area contributed by atoms with Crippen molar-refractivity contribution >= 4 is 17.8 Å². The molecule has 1 spiro atoms. The third kappa shape index (κ3) is 3.60. The minimum atomic E-state index is -0.0632. The normalized spacial score (nSPS) is 22.6. The summed E-state index contributed by atoms with van der Waals surface area (Å²) >= 11 is 0. The van der Waals surface area contributed by atoms with Crippen LogP contribution in [-0.4, -0.2) is 51.5 Å². The number of methoxy groups -OCH3 is 1. The van der Waals surface area contributed by atoms with Crippen LogP contribution in [0.15, 0.2) is 24.7 Å². The van der Waals surface area contributed by atoms with E-state index in [2.05, 4.69) is 50.0 Å². The van der Waals surface area contributed by atoms with Gasteiger partial charge < -0.3 is 19.5 Å². The number of aromatic amines is 1. The summed E-state index contributed by atoms with van der Waals surface area (Å²) in [5.74, 6) is 2.18. The second-order valence-electron chi connectivity index (χ2n) is 9.14. The van der Waals surface area contributed by atoms with E-state index in [1.165, 1.54) is 16.8 Å². The summed E-state index contributed by atoms with van der Waals surface area (Å²) in [4.78, 5) is 29.9. The van der Waals surface area contributed by atoms with Crippen molar-refractivity contribution < 1.29 is 9.53 Å². The lowest BCUT2D eigenvalue weighted by Crippen LogP contribution is -2.59. The number of H-pyrrole nitrogens is 1. The first-order chi connectivity index (χ1) is 15.1. The molecule has 0 aromatic carbocycles. The molecule has 2 fully saturated rings. The van der Waals surface area contributed by atoms with Gasteiger partial charge in [-0.1, -0.05) is 19.1 Å². The minimum absolute atomic E-state index is 0.0632. The zero-order chi connectivity index (χ0) is 21.4. The van der Waals surface area contributed by atoms with Gasteiger partial charge in [-0.2, -0.15) is 4.98 Å². The summed E-state index contributed by atoms with van der Waals surface area (Å²) in [5.41, 5.74) is 3.78. The number of rotatable bonds is 4. The zero-order valence-electron chi connectivity index (χ0n) is 18.4. The molecule has 7 heteroatoms. The number of aromatic nitrogens is 3. The average Bonchev–Trinajstić information content (AvgIpc) is 3.21. The molecular formula is C24H31N5O2. The van der Waals surface area contributed by atoms with Gasteiger partial charge in [0, 0.05) is 55.0 Å². The molecule has 1 aliphatic carbocycles. The maximum absolute atomic E-state index is 13.1. The highest BCUT2D eigenvalue weighted by molar-refractivity contribution is 5.78. The van der Waals surface area contributed by atoms with Crippen LogP contribution in [-0.2, 0) is 11.3 Å². The number of allylic oxidation sites excluding steroid dienone is 1. The number of anilines is 1. The van der Waals surface area contributed by atoms with Crippen molar-refractivity contribution in [1.29, 1.82) is 0 Å². The lowest BCUT2D eigenvalue weighted by atomic mass is 9.78. The third-order valence-corrected chi connectivity index (χ3v) is 7.37. The molecule has 3 aliphatic rings. The molecule has 1 unspecified atom stereocenters. The molecule has 2 saturated heterocycles. The van der Waals surface area contributed by atoms with Gasteiger partial charge >= 0.3 is 0 Å². The topological polar surface area (TPSA) is 74.3 Å². The number of carbonyl (C=O) groups excluding carboxylic acids is 1. The van der Waals surface area contributed by atoms with E-state index in [0.29, 0.717) is 30.7 Å². The lowest BCUT2D eigenvalue weighted by Gasteiger charge is -2.51. The molecule has 1 atom stereocenters. The number of amides is 1. The predicted octanol–water partition coefficient (Wildman–Crippen LogP) is 3.89. The maximum Gasteiger partial charge on any atom is 0.233 e. The van der Waals surface area contributed by atoms with Crippen molar-refractivity contribution in [3.05, 3.63) is 41.5 Å². The molecule has 164 valence electrons. The smallest absolute Gasteiger partial charge is 0.233 e. The van der Waals surface area contributed by atoms with Crippen molar-refractivity contribution in [2.24, 2.45) is 0 Å². The molecule has 0 radical (unpaired) electrons. The van der Waals surface area contributed by atoms with E-state index in [1.807, 2.05) is 0 Å². The Morgan fingerprint density at radius 2 is 2.10 bits per heavy atom. The fourth-order valence-electron chi connectivity index (χ4n) is 5.53. The number of carbonyl (C=O) groups is 1. The van der Waals surface area contributed by atoms with Crippen LogP contribution >= 0.6 is 0 Å². The SMILES string of the molecule is COc1cncc(N2CCC3(CCCC(=O)N3Cc3c[nH]c4c3C=CCC4C)CC2)n1. The number of ether oxygens (including phenoxy) is 1. The van der Waals surface area contributed by atoms with Gasteiger partial charge in [0.15, 0.2) is 5.82 Å². The second kappa shape index (κ2) is 8.02. The fraction of sp³-hybridized carbons (Fsp3) is 0.542. The van der Waals surface area contributed by atoms with E-state index < -0.39 is 0 Å². The van der Waals surface area contributed by atoms with E-state index >= 15 is 0 Å². The third-order valence-electron chi connectivity index (χ3n) is 7.37. The molecule has 2 aliphatic heterocycles. The zero-order valence-corrected chi connectivity index (χ0v) is 18.4. The van der Waals surface area contributed by atoms with Crippen LogP contribution in [0.3, 0.4) is 0 Å².